The number of aromatic amines is 1. The minimum absolute atomic E-state index is 0.00480. The summed E-state index contributed by atoms with van der Waals surface area (Å²) in [6.07, 6.45) is 3.65. The molecule has 5 nitrogen and oxygen atoms in total. The molecular weight excluding hydrogens is 290 g/mol. The Kier molecular flexibility index (Phi) is 4.28. The highest BCUT2D eigenvalue weighted by Gasteiger charge is 2.24. The van der Waals surface area contributed by atoms with E-state index in [1.54, 1.807) is 6.26 Å². The van der Waals surface area contributed by atoms with E-state index in [0.717, 1.165) is 18.1 Å². The van der Waals surface area contributed by atoms with Gasteiger partial charge in [-0.3, -0.25) is 5.10 Å². The second-order valence-electron chi connectivity index (χ2n) is 6.74. The fourth-order valence-corrected chi connectivity index (χ4v) is 2.71. The van der Waals surface area contributed by atoms with Crippen molar-refractivity contribution in [3.63, 3.8) is 0 Å². The normalized spacial score (nSPS) is 14.1. The van der Waals surface area contributed by atoms with Crippen molar-refractivity contribution in [3.05, 3.63) is 65.5 Å². The molecule has 0 unspecified atom stereocenters. The molecule has 0 saturated heterocycles. The molecule has 0 radical (unpaired) electrons. The van der Waals surface area contributed by atoms with Gasteiger partial charge < -0.3 is 14.4 Å². The SMILES string of the molecule is CC(C)(C)c1n[nH]cc1CN(Cc1ccccc1)C1=COCO1. The van der Waals surface area contributed by atoms with Gasteiger partial charge in [-0.25, -0.2) is 0 Å². The Bertz CT molecular complexity index is 671. The van der Waals surface area contributed by atoms with Gasteiger partial charge in [0.1, 0.15) is 6.26 Å². The maximum Gasteiger partial charge on any atom is 0.232 e. The molecule has 0 atom stereocenters. The molecule has 0 bridgehead atoms. The van der Waals surface area contributed by atoms with Gasteiger partial charge in [0.15, 0.2) is 0 Å². The van der Waals surface area contributed by atoms with Crippen molar-refractivity contribution in [2.75, 3.05) is 6.79 Å². The second-order valence-corrected chi connectivity index (χ2v) is 6.74. The van der Waals surface area contributed by atoms with E-state index in [0.29, 0.717) is 6.54 Å². The number of ether oxygens (including phenoxy) is 2. The van der Waals surface area contributed by atoms with E-state index in [1.807, 2.05) is 24.4 Å². The lowest BCUT2D eigenvalue weighted by Gasteiger charge is -2.25. The Morgan fingerprint density at radius 1 is 1.17 bits per heavy atom. The fraction of sp³-hybridized carbons (Fsp3) is 0.389. The van der Waals surface area contributed by atoms with Crippen LogP contribution in [0.5, 0.6) is 0 Å². The average molecular weight is 313 g/mol. The van der Waals surface area contributed by atoms with E-state index >= 15 is 0 Å². The van der Waals surface area contributed by atoms with E-state index < -0.39 is 0 Å². The maximum atomic E-state index is 5.60. The van der Waals surface area contributed by atoms with Gasteiger partial charge in [-0.2, -0.15) is 5.10 Å². The number of hydrogen-bond acceptors (Lipinski definition) is 4. The van der Waals surface area contributed by atoms with Gasteiger partial charge in [-0.1, -0.05) is 51.1 Å². The van der Waals surface area contributed by atoms with E-state index in [1.165, 1.54) is 11.1 Å². The molecule has 122 valence electrons. The number of benzene rings is 1. The maximum absolute atomic E-state index is 5.60. The Morgan fingerprint density at radius 3 is 2.61 bits per heavy atom. The van der Waals surface area contributed by atoms with Crippen molar-refractivity contribution < 1.29 is 9.47 Å². The molecule has 1 aliphatic rings. The summed E-state index contributed by atoms with van der Waals surface area (Å²) in [7, 11) is 0. The molecule has 0 spiro atoms. The van der Waals surface area contributed by atoms with Gasteiger partial charge in [0.2, 0.25) is 12.7 Å². The van der Waals surface area contributed by atoms with Gasteiger partial charge in [-0.05, 0) is 5.56 Å². The zero-order valence-electron chi connectivity index (χ0n) is 13.9. The van der Waals surface area contributed by atoms with Crippen LogP contribution in [0.2, 0.25) is 0 Å². The summed E-state index contributed by atoms with van der Waals surface area (Å²) in [5.41, 5.74) is 3.47. The highest BCUT2D eigenvalue weighted by Crippen LogP contribution is 2.27. The molecule has 0 aliphatic carbocycles. The standard InChI is InChI=1S/C18H23N3O2/c1-18(2,3)17-15(9-19-20-17)11-21(16-12-22-13-23-16)10-14-7-5-4-6-8-14/h4-9,12H,10-11,13H2,1-3H3,(H,19,20). The van der Waals surface area contributed by atoms with Crippen LogP contribution in [0.25, 0.3) is 0 Å². The highest BCUT2D eigenvalue weighted by atomic mass is 16.7. The summed E-state index contributed by atoms with van der Waals surface area (Å²) >= 11 is 0. The quantitative estimate of drug-likeness (QED) is 0.917. The second kappa shape index (κ2) is 6.36. The average Bonchev–Trinajstić information content (AvgIpc) is 3.18. The highest BCUT2D eigenvalue weighted by molar-refractivity contribution is 5.24. The van der Waals surface area contributed by atoms with Crippen molar-refractivity contribution in [2.45, 2.75) is 39.3 Å². The lowest BCUT2D eigenvalue weighted by atomic mass is 9.89. The van der Waals surface area contributed by atoms with E-state index in [9.17, 15) is 0 Å². The molecule has 1 aromatic heterocycles. The molecule has 1 aliphatic heterocycles. The van der Waals surface area contributed by atoms with Crippen molar-refractivity contribution in [2.24, 2.45) is 0 Å². The smallest absolute Gasteiger partial charge is 0.232 e. The first-order chi connectivity index (χ1) is 11.0. The van der Waals surface area contributed by atoms with E-state index in [2.05, 4.69) is 48.0 Å². The minimum atomic E-state index is -0.00480. The lowest BCUT2D eigenvalue weighted by molar-refractivity contribution is 0.0446. The summed E-state index contributed by atoms with van der Waals surface area (Å²) in [6, 6.07) is 10.3. The predicted octanol–water partition coefficient (Wildman–Crippen LogP) is 3.51. The Balaban J connectivity index is 1.83. The molecule has 23 heavy (non-hydrogen) atoms. The molecule has 5 heteroatoms. The topological polar surface area (TPSA) is 50.4 Å². The van der Waals surface area contributed by atoms with E-state index in [-0.39, 0.29) is 12.2 Å². The van der Waals surface area contributed by atoms with Crippen LogP contribution in [-0.4, -0.2) is 21.9 Å². The summed E-state index contributed by atoms with van der Waals surface area (Å²) < 4.78 is 10.8. The van der Waals surface area contributed by atoms with E-state index in [4.69, 9.17) is 9.47 Å². The molecule has 0 amide bonds. The Hall–Kier alpha value is -2.43. The van der Waals surface area contributed by atoms with Crippen LogP contribution in [0.1, 0.15) is 37.6 Å². The number of nitrogens with one attached hydrogen (secondary N) is 1. The molecule has 1 N–H and O–H groups in total. The first-order valence-corrected chi connectivity index (χ1v) is 7.80. The Labute approximate surface area is 136 Å². The number of hydrogen-bond donors (Lipinski definition) is 1. The van der Waals surface area contributed by atoms with Gasteiger partial charge in [0, 0.05) is 30.3 Å². The Morgan fingerprint density at radius 2 is 1.96 bits per heavy atom. The lowest BCUT2D eigenvalue weighted by Crippen LogP contribution is -2.24. The third-order valence-corrected chi connectivity index (χ3v) is 3.78. The summed E-state index contributed by atoms with van der Waals surface area (Å²) in [5, 5.41) is 7.43. The minimum Gasteiger partial charge on any atom is -0.459 e. The number of nitrogens with zero attached hydrogens (tertiary/aromatic N) is 2. The van der Waals surface area contributed by atoms with Gasteiger partial charge >= 0.3 is 0 Å². The van der Waals surface area contributed by atoms with Crippen LogP contribution >= 0.6 is 0 Å². The first kappa shape index (κ1) is 15.5. The largest absolute Gasteiger partial charge is 0.459 e. The molecule has 1 aromatic carbocycles. The zero-order valence-corrected chi connectivity index (χ0v) is 13.9. The third kappa shape index (κ3) is 3.67. The number of aromatic nitrogens is 2. The fourth-order valence-electron chi connectivity index (χ4n) is 2.71. The first-order valence-electron chi connectivity index (χ1n) is 7.80. The summed E-state index contributed by atoms with van der Waals surface area (Å²) in [5.74, 6) is 0.759. The van der Waals surface area contributed by atoms with Gasteiger partial charge in [-0.15, -0.1) is 0 Å². The monoisotopic (exact) mass is 313 g/mol. The van der Waals surface area contributed by atoms with Crippen LogP contribution in [0.3, 0.4) is 0 Å². The zero-order chi connectivity index (χ0) is 16.3. The van der Waals surface area contributed by atoms with Crippen molar-refractivity contribution in [1.29, 1.82) is 0 Å². The van der Waals surface area contributed by atoms with Crippen LogP contribution < -0.4 is 0 Å². The number of H-pyrrole nitrogens is 1. The van der Waals surface area contributed by atoms with Crippen LogP contribution in [0, 0.1) is 0 Å². The molecule has 3 rings (SSSR count). The third-order valence-electron chi connectivity index (χ3n) is 3.78. The summed E-state index contributed by atoms with van der Waals surface area (Å²) in [6.45, 7) is 8.25. The van der Waals surface area contributed by atoms with Gasteiger partial charge in [0.05, 0.1) is 5.69 Å². The van der Waals surface area contributed by atoms with Crippen LogP contribution in [0.4, 0.5) is 0 Å². The van der Waals surface area contributed by atoms with Crippen LogP contribution in [0.15, 0.2) is 48.7 Å². The predicted molar refractivity (Wildman–Crippen MR) is 88.1 cm³/mol. The molecule has 2 aromatic rings. The molecule has 0 saturated carbocycles. The van der Waals surface area contributed by atoms with Crippen molar-refractivity contribution >= 4 is 0 Å². The summed E-state index contributed by atoms with van der Waals surface area (Å²) in [4.78, 5) is 2.17. The van der Waals surface area contributed by atoms with Crippen LogP contribution in [-0.2, 0) is 28.0 Å². The van der Waals surface area contributed by atoms with Crippen molar-refractivity contribution in [1.82, 2.24) is 15.1 Å². The number of rotatable bonds is 5. The molecule has 2 heterocycles. The van der Waals surface area contributed by atoms with Crippen molar-refractivity contribution in [3.8, 4) is 0 Å². The van der Waals surface area contributed by atoms with Gasteiger partial charge in [0.25, 0.3) is 0 Å². The molecular formula is C18H23N3O2. The molecule has 0 fully saturated rings.